The number of halogens is 1. The normalized spacial score (nSPS) is 9.42. The van der Waals surface area contributed by atoms with E-state index < -0.39 is 0 Å². The molecular formula is C10H12ClN. The molecule has 0 bridgehead atoms. The van der Waals surface area contributed by atoms with Crippen LogP contribution < -0.4 is 5.32 Å². The van der Waals surface area contributed by atoms with Gasteiger partial charge in [0, 0.05) is 18.1 Å². The molecule has 0 aliphatic rings. The summed E-state index contributed by atoms with van der Waals surface area (Å²) in [6.45, 7) is 4.41. The molecule has 0 spiro atoms. The van der Waals surface area contributed by atoms with Gasteiger partial charge in [-0.05, 0) is 17.7 Å². The second-order valence-electron chi connectivity index (χ2n) is 2.50. The summed E-state index contributed by atoms with van der Waals surface area (Å²) in [5.74, 6) is 0.559. The van der Waals surface area contributed by atoms with Gasteiger partial charge in [0.2, 0.25) is 0 Å². The van der Waals surface area contributed by atoms with Gasteiger partial charge in [0.1, 0.15) is 0 Å². The van der Waals surface area contributed by atoms with Gasteiger partial charge < -0.3 is 5.32 Å². The molecule has 0 unspecified atom stereocenters. The van der Waals surface area contributed by atoms with E-state index in [2.05, 4.69) is 11.9 Å². The highest BCUT2D eigenvalue weighted by molar-refractivity contribution is 6.17. The van der Waals surface area contributed by atoms with Crippen molar-refractivity contribution < 1.29 is 0 Å². The van der Waals surface area contributed by atoms with E-state index >= 15 is 0 Å². The van der Waals surface area contributed by atoms with Gasteiger partial charge >= 0.3 is 0 Å². The van der Waals surface area contributed by atoms with Crippen LogP contribution in [0.15, 0.2) is 36.9 Å². The van der Waals surface area contributed by atoms with E-state index in [1.54, 1.807) is 0 Å². The Hall–Kier alpha value is -0.950. The Balaban J connectivity index is 2.65. The van der Waals surface area contributed by atoms with Gasteiger partial charge in [0.25, 0.3) is 0 Å². The predicted octanol–water partition coefficient (Wildman–Crippen LogP) is 3.02. The average Bonchev–Trinajstić information content (AvgIpc) is 2.15. The zero-order valence-electron chi connectivity index (χ0n) is 6.89. The molecule has 0 heterocycles. The van der Waals surface area contributed by atoms with Crippen molar-refractivity contribution in [2.75, 3.05) is 11.9 Å². The summed E-state index contributed by atoms with van der Waals surface area (Å²) in [5, 5.41) is 3.19. The lowest BCUT2D eigenvalue weighted by Crippen LogP contribution is -1.97. The van der Waals surface area contributed by atoms with Crippen molar-refractivity contribution in [1.29, 1.82) is 0 Å². The van der Waals surface area contributed by atoms with Crippen LogP contribution >= 0.6 is 11.6 Å². The van der Waals surface area contributed by atoms with Crippen molar-refractivity contribution in [3.8, 4) is 0 Å². The fourth-order valence-electron chi connectivity index (χ4n) is 0.954. The maximum atomic E-state index is 5.68. The largest absolute Gasteiger partial charge is 0.382 e. The van der Waals surface area contributed by atoms with Gasteiger partial charge in [0.15, 0.2) is 0 Å². The summed E-state index contributed by atoms with van der Waals surface area (Å²) >= 11 is 5.68. The van der Waals surface area contributed by atoms with Crippen LogP contribution in [0.5, 0.6) is 0 Å². The molecule has 12 heavy (non-hydrogen) atoms. The lowest BCUT2D eigenvalue weighted by atomic mass is 10.2. The van der Waals surface area contributed by atoms with Gasteiger partial charge in [-0.2, -0.15) is 0 Å². The van der Waals surface area contributed by atoms with Gasteiger partial charge in [-0.1, -0.05) is 18.2 Å². The second-order valence-corrected chi connectivity index (χ2v) is 2.77. The van der Waals surface area contributed by atoms with Crippen LogP contribution in [0.2, 0.25) is 0 Å². The van der Waals surface area contributed by atoms with Gasteiger partial charge in [0.05, 0.1) is 0 Å². The Morgan fingerprint density at radius 1 is 1.50 bits per heavy atom. The minimum atomic E-state index is 0.559. The summed E-state index contributed by atoms with van der Waals surface area (Å²) in [6.07, 6.45) is 1.83. The molecule has 1 rings (SSSR count). The molecule has 0 saturated heterocycles. The first-order valence-corrected chi connectivity index (χ1v) is 4.40. The lowest BCUT2D eigenvalue weighted by molar-refractivity contribution is 1.31. The number of hydrogen-bond acceptors (Lipinski definition) is 1. The van der Waals surface area contributed by atoms with E-state index in [1.165, 1.54) is 0 Å². The van der Waals surface area contributed by atoms with Crippen molar-refractivity contribution in [3.05, 3.63) is 42.5 Å². The molecule has 2 heteroatoms. The van der Waals surface area contributed by atoms with Crippen molar-refractivity contribution in [1.82, 2.24) is 0 Å². The lowest BCUT2D eigenvalue weighted by Gasteiger charge is -2.03. The Morgan fingerprint density at radius 3 is 3.00 bits per heavy atom. The smallest absolute Gasteiger partial charge is 0.0474 e. The van der Waals surface area contributed by atoms with Crippen LogP contribution in [0.3, 0.4) is 0 Å². The van der Waals surface area contributed by atoms with E-state index in [-0.39, 0.29) is 0 Å². The van der Waals surface area contributed by atoms with Crippen molar-refractivity contribution in [3.63, 3.8) is 0 Å². The summed E-state index contributed by atoms with van der Waals surface area (Å²) in [4.78, 5) is 0. The number of anilines is 1. The molecular weight excluding hydrogens is 170 g/mol. The van der Waals surface area contributed by atoms with Crippen LogP contribution in [0.25, 0.3) is 0 Å². The number of rotatable bonds is 4. The monoisotopic (exact) mass is 181 g/mol. The molecule has 1 aromatic carbocycles. The van der Waals surface area contributed by atoms with E-state index in [4.69, 9.17) is 11.6 Å². The zero-order chi connectivity index (χ0) is 8.81. The molecule has 0 aliphatic heterocycles. The first-order chi connectivity index (χ1) is 5.86. The minimum absolute atomic E-state index is 0.559. The first kappa shape index (κ1) is 9.14. The molecule has 1 N–H and O–H groups in total. The number of benzene rings is 1. The molecule has 0 fully saturated rings. The van der Waals surface area contributed by atoms with Crippen LogP contribution in [0, 0.1) is 0 Å². The standard InChI is InChI=1S/C10H12ClN/c1-2-6-12-10-5-3-4-9(7-10)8-11/h2-5,7,12H,1,6,8H2. The number of hydrogen-bond donors (Lipinski definition) is 1. The number of alkyl halides is 1. The Kier molecular flexibility index (Phi) is 3.68. The van der Waals surface area contributed by atoms with E-state index in [0.29, 0.717) is 5.88 Å². The van der Waals surface area contributed by atoms with Crippen LogP contribution in [-0.2, 0) is 5.88 Å². The summed E-state index contributed by atoms with van der Waals surface area (Å²) in [5.41, 5.74) is 2.22. The molecule has 0 saturated carbocycles. The number of nitrogens with one attached hydrogen (secondary N) is 1. The third-order valence-electron chi connectivity index (χ3n) is 1.53. The summed E-state index contributed by atoms with van der Waals surface area (Å²) in [7, 11) is 0. The Bertz CT molecular complexity index is 258. The maximum Gasteiger partial charge on any atom is 0.0474 e. The fourth-order valence-corrected chi connectivity index (χ4v) is 1.12. The maximum absolute atomic E-state index is 5.68. The SMILES string of the molecule is C=CCNc1cccc(CCl)c1. The first-order valence-electron chi connectivity index (χ1n) is 3.86. The summed E-state index contributed by atoms with van der Waals surface area (Å²) < 4.78 is 0. The van der Waals surface area contributed by atoms with Crippen LogP contribution in [0.4, 0.5) is 5.69 Å². The molecule has 0 aromatic heterocycles. The zero-order valence-corrected chi connectivity index (χ0v) is 7.64. The molecule has 1 aromatic rings. The quantitative estimate of drug-likeness (QED) is 0.556. The highest BCUT2D eigenvalue weighted by Gasteiger charge is 1.91. The van der Waals surface area contributed by atoms with E-state index in [1.807, 2.05) is 30.3 Å². The third-order valence-corrected chi connectivity index (χ3v) is 1.84. The predicted molar refractivity (Wildman–Crippen MR) is 54.7 cm³/mol. The molecule has 0 radical (unpaired) electrons. The van der Waals surface area contributed by atoms with Crippen LogP contribution in [-0.4, -0.2) is 6.54 Å². The minimum Gasteiger partial charge on any atom is -0.382 e. The molecule has 64 valence electrons. The van der Waals surface area contributed by atoms with Gasteiger partial charge in [-0.3, -0.25) is 0 Å². The molecule has 1 nitrogen and oxygen atoms in total. The second kappa shape index (κ2) is 4.83. The van der Waals surface area contributed by atoms with E-state index in [9.17, 15) is 0 Å². The summed E-state index contributed by atoms with van der Waals surface area (Å²) in [6, 6.07) is 8.05. The van der Waals surface area contributed by atoms with Gasteiger partial charge in [-0.25, -0.2) is 0 Å². The van der Waals surface area contributed by atoms with Crippen molar-refractivity contribution in [2.24, 2.45) is 0 Å². The van der Waals surface area contributed by atoms with E-state index in [0.717, 1.165) is 17.8 Å². The fraction of sp³-hybridized carbons (Fsp3) is 0.200. The average molecular weight is 182 g/mol. The van der Waals surface area contributed by atoms with Crippen LogP contribution in [0.1, 0.15) is 5.56 Å². The Morgan fingerprint density at radius 2 is 2.33 bits per heavy atom. The third kappa shape index (κ3) is 2.59. The topological polar surface area (TPSA) is 12.0 Å². The molecule has 0 atom stereocenters. The van der Waals surface area contributed by atoms with Crippen molar-refractivity contribution >= 4 is 17.3 Å². The Labute approximate surface area is 78.1 Å². The highest BCUT2D eigenvalue weighted by Crippen LogP contribution is 2.11. The van der Waals surface area contributed by atoms with Crippen molar-refractivity contribution in [2.45, 2.75) is 5.88 Å². The molecule has 0 aliphatic carbocycles. The van der Waals surface area contributed by atoms with Gasteiger partial charge in [-0.15, -0.1) is 18.2 Å². The highest BCUT2D eigenvalue weighted by atomic mass is 35.5. The molecule has 0 amide bonds.